The monoisotopic (exact) mass is 263 g/mol. The van der Waals surface area contributed by atoms with E-state index >= 15 is 0 Å². The maximum Gasteiger partial charge on any atom is 0.330 e. The van der Waals surface area contributed by atoms with Crippen LogP contribution in [0.25, 0.3) is 17.4 Å². The SMILES string of the molecule is COC(=O)/C=C/c1c(Cl)noc1-c1ccccc1. The molecule has 0 amide bonds. The van der Waals surface area contributed by atoms with Gasteiger partial charge in [0.25, 0.3) is 0 Å². The predicted octanol–water partition coefficient (Wildman–Crippen LogP) is 3.18. The molecule has 92 valence electrons. The van der Waals surface area contributed by atoms with Crippen molar-refractivity contribution in [2.24, 2.45) is 0 Å². The van der Waals surface area contributed by atoms with Crippen LogP contribution in [0.1, 0.15) is 5.56 Å². The van der Waals surface area contributed by atoms with Gasteiger partial charge in [-0.25, -0.2) is 4.79 Å². The second kappa shape index (κ2) is 5.51. The second-order valence-corrected chi connectivity index (χ2v) is 3.80. The van der Waals surface area contributed by atoms with Gasteiger partial charge in [0.05, 0.1) is 12.7 Å². The van der Waals surface area contributed by atoms with Gasteiger partial charge in [-0.05, 0) is 6.08 Å². The van der Waals surface area contributed by atoms with Gasteiger partial charge in [-0.1, -0.05) is 47.1 Å². The third-order valence-corrected chi connectivity index (χ3v) is 2.58. The van der Waals surface area contributed by atoms with Gasteiger partial charge in [-0.2, -0.15) is 0 Å². The highest BCUT2D eigenvalue weighted by Crippen LogP contribution is 2.29. The van der Waals surface area contributed by atoms with E-state index in [-0.39, 0.29) is 5.15 Å². The fourth-order valence-corrected chi connectivity index (χ4v) is 1.62. The summed E-state index contributed by atoms with van der Waals surface area (Å²) in [6.07, 6.45) is 2.79. The number of hydrogen-bond acceptors (Lipinski definition) is 4. The fourth-order valence-electron chi connectivity index (χ4n) is 1.44. The Kier molecular flexibility index (Phi) is 3.79. The Labute approximate surface area is 109 Å². The fraction of sp³-hybridized carbons (Fsp3) is 0.0769. The van der Waals surface area contributed by atoms with E-state index in [4.69, 9.17) is 16.1 Å². The summed E-state index contributed by atoms with van der Waals surface area (Å²) < 4.78 is 9.68. The largest absolute Gasteiger partial charge is 0.466 e. The van der Waals surface area contributed by atoms with Crippen molar-refractivity contribution in [2.75, 3.05) is 7.11 Å². The molecule has 0 fully saturated rings. The van der Waals surface area contributed by atoms with Crippen molar-refractivity contribution in [3.8, 4) is 11.3 Å². The lowest BCUT2D eigenvalue weighted by Gasteiger charge is -1.96. The highest BCUT2D eigenvalue weighted by atomic mass is 35.5. The van der Waals surface area contributed by atoms with E-state index in [1.54, 1.807) is 0 Å². The van der Waals surface area contributed by atoms with Crippen molar-refractivity contribution in [1.82, 2.24) is 5.16 Å². The number of rotatable bonds is 3. The number of esters is 1. The Balaban J connectivity index is 2.39. The molecule has 0 spiro atoms. The number of methoxy groups -OCH3 is 1. The van der Waals surface area contributed by atoms with E-state index in [9.17, 15) is 4.79 Å². The van der Waals surface area contributed by atoms with Crippen molar-refractivity contribution in [3.63, 3.8) is 0 Å². The van der Waals surface area contributed by atoms with Gasteiger partial charge in [0, 0.05) is 11.6 Å². The first-order valence-corrected chi connectivity index (χ1v) is 5.57. The molecule has 18 heavy (non-hydrogen) atoms. The van der Waals surface area contributed by atoms with Crippen LogP contribution in [-0.2, 0) is 9.53 Å². The van der Waals surface area contributed by atoms with Gasteiger partial charge in [0.2, 0.25) is 0 Å². The molecule has 0 atom stereocenters. The summed E-state index contributed by atoms with van der Waals surface area (Å²) in [4.78, 5) is 11.1. The van der Waals surface area contributed by atoms with Crippen molar-refractivity contribution in [1.29, 1.82) is 0 Å². The first kappa shape index (κ1) is 12.4. The van der Waals surface area contributed by atoms with Crippen LogP contribution in [0.4, 0.5) is 0 Å². The molecule has 2 aromatic rings. The molecule has 0 saturated heterocycles. The smallest absolute Gasteiger partial charge is 0.330 e. The molecule has 0 aliphatic rings. The maximum atomic E-state index is 11.1. The number of carbonyl (C=O) groups is 1. The summed E-state index contributed by atoms with van der Waals surface area (Å²) in [7, 11) is 1.31. The van der Waals surface area contributed by atoms with E-state index in [0.717, 1.165) is 5.56 Å². The predicted molar refractivity (Wildman–Crippen MR) is 68.0 cm³/mol. The lowest BCUT2D eigenvalue weighted by molar-refractivity contribution is -0.134. The van der Waals surface area contributed by atoms with Crippen molar-refractivity contribution < 1.29 is 14.1 Å². The highest BCUT2D eigenvalue weighted by Gasteiger charge is 2.13. The first-order valence-electron chi connectivity index (χ1n) is 5.19. The Hall–Kier alpha value is -2.07. The Morgan fingerprint density at radius 3 is 2.78 bits per heavy atom. The number of carbonyl (C=O) groups excluding carboxylic acids is 1. The van der Waals surface area contributed by atoms with Crippen LogP contribution in [0, 0.1) is 0 Å². The van der Waals surface area contributed by atoms with Gasteiger partial charge in [-0.15, -0.1) is 0 Å². The summed E-state index contributed by atoms with van der Waals surface area (Å²) in [5.41, 5.74) is 1.38. The minimum atomic E-state index is -0.466. The molecule has 0 unspecified atom stereocenters. The minimum absolute atomic E-state index is 0.203. The lowest BCUT2D eigenvalue weighted by Crippen LogP contribution is -1.93. The van der Waals surface area contributed by atoms with E-state index < -0.39 is 5.97 Å². The maximum absolute atomic E-state index is 11.1. The van der Waals surface area contributed by atoms with Gasteiger partial charge in [-0.3, -0.25) is 0 Å². The van der Waals surface area contributed by atoms with Gasteiger partial charge < -0.3 is 9.26 Å². The van der Waals surface area contributed by atoms with Gasteiger partial charge in [0.15, 0.2) is 10.9 Å². The number of benzene rings is 1. The zero-order chi connectivity index (χ0) is 13.0. The molecule has 0 aliphatic heterocycles. The molecule has 0 bridgehead atoms. The van der Waals surface area contributed by atoms with E-state index in [1.165, 1.54) is 19.3 Å². The molecule has 0 N–H and O–H groups in total. The topological polar surface area (TPSA) is 52.3 Å². The Bertz CT molecular complexity index is 575. The average molecular weight is 264 g/mol. The average Bonchev–Trinajstić information content (AvgIpc) is 2.78. The van der Waals surface area contributed by atoms with E-state index in [1.807, 2.05) is 30.3 Å². The van der Waals surface area contributed by atoms with Crippen molar-refractivity contribution in [2.45, 2.75) is 0 Å². The summed E-state index contributed by atoms with van der Waals surface area (Å²) in [6, 6.07) is 9.38. The highest BCUT2D eigenvalue weighted by molar-refractivity contribution is 6.31. The number of halogens is 1. The zero-order valence-corrected chi connectivity index (χ0v) is 10.3. The molecule has 1 heterocycles. The van der Waals surface area contributed by atoms with Crippen LogP contribution in [-0.4, -0.2) is 18.2 Å². The summed E-state index contributed by atoms with van der Waals surface area (Å²) in [6.45, 7) is 0. The number of ether oxygens (including phenoxy) is 1. The quantitative estimate of drug-likeness (QED) is 0.630. The third-order valence-electron chi connectivity index (χ3n) is 2.31. The van der Waals surface area contributed by atoms with E-state index in [2.05, 4.69) is 9.89 Å². The molecule has 4 nitrogen and oxygen atoms in total. The van der Waals surface area contributed by atoms with Gasteiger partial charge >= 0.3 is 5.97 Å². The van der Waals surface area contributed by atoms with Crippen molar-refractivity contribution in [3.05, 3.63) is 47.1 Å². The molecule has 2 rings (SSSR count). The van der Waals surface area contributed by atoms with Crippen molar-refractivity contribution >= 4 is 23.6 Å². The molecule has 5 heteroatoms. The van der Waals surface area contributed by atoms with Crippen LogP contribution < -0.4 is 0 Å². The third kappa shape index (κ3) is 2.60. The standard InChI is InChI=1S/C13H10ClNO3/c1-17-11(16)8-7-10-12(18-15-13(10)14)9-5-3-2-4-6-9/h2-8H,1H3/b8-7+. The molecule has 1 aromatic heterocycles. The molecule has 0 aliphatic carbocycles. The first-order chi connectivity index (χ1) is 8.72. The second-order valence-electron chi connectivity index (χ2n) is 3.44. The van der Waals surface area contributed by atoms with Crippen LogP contribution in [0.15, 0.2) is 40.9 Å². The van der Waals surface area contributed by atoms with Crippen LogP contribution in [0.5, 0.6) is 0 Å². The Morgan fingerprint density at radius 2 is 2.11 bits per heavy atom. The lowest BCUT2D eigenvalue weighted by atomic mass is 10.1. The molecule has 0 radical (unpaired) electrons. The minimum Gasteiger partial charge on any atom is -0.466 e. The summed E-state index contributed by atoms with van der Waals surface area (Å²) in [5, 5.41) is 3.89. The normalized spacial score (nSPS) is 10.8. The van der Waals surface area contributed by atoms with E-state index in [0.29, 0.717) is 11.3 Å². The van der Waals surface area contributed by atoms with Crippen LogP contribution >= 0.6 is 11.6 Å². The molecule has 0 saturated carbocycles. The number of aromatic nitrogens is 1. The Morgan fingerprint density at radius 1 is 1.39 bits per heavy atom. The zero-order valence-electron chi connectivity index (χ0n) is 9.59. The number of nitrogens with zero attached hydrogens (tertiary/aromatic N) is 1. The molecular weight excluding hydrogens is 254 g/mol. The summed E-state index contributed by atoms with van der Waals surface area (Å²) >= 11 is 5.91. The summed E-state index contributed by atoms with van der Waals surface area (Å²) in [5.74, 6) is 0.0482. The van der Waals surface area contributed by atoms with Gasteiger partial charge in [0.1, 0.15) is 0 Å². The van der Waals surface area contributed by atoms with Crippen LogP contribution in [0.2, 0.25) is 5.15 Å². The molecule has 1 aromatic carbocycles. The van der Waals surface area contributed by atoms with Crippen LogP contribution in [0.3, 0.4) is 0 Å². The number of hydrogen-bond donors (Lipinski definition) is 0. The molecular formula is C13H10ClNO3.